The third kappa shape index (κ3) is 3.95. The molecular formula is C6H14ClN3O. The zero-order chi connectivity index (χ0) is 8.31. The number of rotatable bonds is 3. The van der Waals surface area contributed by atoms with Crippen LogP contribution in [0.2, 0.25) is 0 Å². The first-order chi connectivity index (χ1) is 4.46. The van der Waals surface area contributed by atoms with Crippen molar-refractivity contribution < 1.29 is 4.79 Å². The lowest BCUT2D eigenvalue weighted by Crippen LogP contribution is -2.42. The van der Waals surface area contributed by atoms with Gasteiger partial charge in [0.1, 0.15) is 0 Å². The quantitative estimate of drug-likeness (QED) is 0.417. The van der Waals surface area contributed by atoms with Crippen LogP contribution in [0.15, 0.2) is 0 Å². The SMILES string of the molecule is CC(C)[C@H](N)C(=O)C(=N)N.Cl. The van der Waals surface area contributed by atoms with Gasteiger partial charge in [0, 0.05) is 0 Å². The molecule has 0 spiro atoms. The van der Waals surface area contributed by atoms with Crippen LogP contribution in [0.4, 0.5) is 0 Å². The molecule has 0 aromatic heterocycles. The molecule has 0 aliphatic heterocycles. The maximum atomic E-state index is 10.8. The van der Waals surface area contributed by atoms with Crippen molar-refractivity contribution in [2.75, 3.05) is 0 Å². The van der Waals surface area contributed by atoms with E-state index in [9.17, 15) is 4.79 Å². The van der Waals surface area contributed by atoms with Gasteiger partial charge in [-0.2, -0.15) is 0 Å². The van der Waals surface area contributed by atoms with E-state index in [1.54, 1.807) is 0 Å². The third-order valence-corrected chi connectivity index (χ3v) is 1.29. The second-order valence-corrected chi connectivity index (χ2v) is 2.55. The van der Waals surface area contributed by atoms with Crippen molar-refractivity contribution in [3.05, 3.63) is 0 Å². The summed E-state index contributed by atoms with van der Waals surface area (Å²) in [6.45, 7) is 3.62. The van der Waals surface area contributed by atoms with E-state index in [2.05, 4.69) is 0 Å². The van der Waals surface area contributed by atoms with Crippen LogP contribution >= 0.6 is 12.4 Å². The van der Waals surface area contributed by atoms with Crippen LogP contribution in [0, 0.1) is 11.3 Å². The largest absolute Gasteiger partial charge is 0.381 e. The zero-order valence-electron chi connectivity index (χ0n) is 6.63. The maximum absolute atomic E-state index is 10.8. The van der Waals surface area contributed by atoms with Crippen LogP contribution < -0.4 is 11.5 Å². The van der Waals surface area contributed by atoms with Crippen molar-refractivity contribution in [2.45, 2.75) is 19.9 Å². The van der Waals surface area contributed by atoms with Crippen LogP contribution in [0.25, 0.3) is 0 Å². The van der Waals surface area contributed by atoms with E-state index in [-0.39, 0.29) is 18.3 Å². The van der Waals surface area contributed by atoms with Crippen molar-refractivity contribution >= 4 is 24.0 Å². The predicted octanol–water partition coefficient (Wildman–Crippen LogP) is -0.103. The summed E-state index contributed by atoms with van der Waals surface area (Å²) >= 11 is 0. The lowest BCUT2D eigenvalue weighted by molar-refractivity contribution is -0.115. The minimum Gasteiger partial charge on any atom is -0.381 e. The van der Waals surface area contributed by atoms with Gasteiger partial charge in [-0.1, -0.05) is 13.8 Å². The van der Waals surface area contributed by atoms with Crippen molar-refractivity contribution in [3.8, 4) is 0 Å². The highest BCUT2D eigenvalue weighted by atomic mass is 35.5. The normalized spacial score (nSPS) is 12.0. The molecule has 66 valence electrons. The van der Waals surface area contributed by atoms with Crippen LogP contribution in [0.5, 0.6) is 0 Å². The first kappa shape index (κ1) is 13.0. The van der Waals surface area contributed by atoms with Gasteiger partial charge >= 0.3 is 0 Å². The molecule has 0 unspecified atom stereocenters. The number of nitrogens with one attached hydrogen (secondary N) is 1. The van der Waals surface area contributed by atoms with Gasteiger partial charge in [0.15, 0.2) is 5.84 Å². The molecule has 0 amide bonds. The molecule has 0 heterocycles. The van der Waals surface area contributed by atoms with Crippen LogP contribution in [0.1, 0.15) is 13.8 Å². The second-order valence-electron chi connectivity index (χ2n) is 2.55. The average molecular weight is 180 g/mol. The Morgan fingerprint density at radius 3 is 1.91 bits per heavy atom. The third-order valence-electron chi connectivity index (χ3n) is 1.29. The van der Waals surface area contributed by atoms with Crippen molar-refractivity contribution in [2.24, 2.45) is 17.4 Å². The molecular weight excluding hydrogens is 166 g/mol. The number of Topliss-reactive ketones (excluding diaryl/α,β-unsaturated/α-hetero) is 1. The van der Waals surface area contributed by atoms with E-state index in [0.29, 0.717) is 0 Å². The number of carbonyl (C=O) groups excluding carboxylic acids is 1. The number of ketones is 1. The average Bonchev–Trinajstić information content (AvgIpc) is 1.84. The fourth-order valence-electron chi connectivity index (χ4n) is 0.482. The van der Waals surface area contributed by atoms with Crippen LogP contribution in [0.3, 0.4) is 0 Å². The highest BCUT2D eigenvalue weighted by Crippen LogP contribution is 1.98. The Bertz CT molecular complexity index is 158. The number of hydrogen-bond acceptors (Lipinski definition) is 3. The van der Waals surface area contributed by atoms with Gasteiger partial charge < -0.3 is 11.5 Å². The number of carbonyl (C=O) groups is 1. The fraction of sp³-hybridized carbons (Fsp3) is 0.667. The van der Waals surface area contributed by atoms with Crippen LogP contribution in [-0.2, 0) is 4.79 Å². The number of nitrogens with two attached hydrogens (primary N) is 2. The summed E-state index contributed by atoms with van der Waals surface area (Å²) < 4.78 is 0. The predicted molar refractivity (Wildman–Crippen MR) is 47.0 cm³/mol. The molecule has 0 saturated heterocycles. The molecule has 0 aliphatic carbocycles. The number of halogens is 1. The van der Waals surface area contributed by atoms with Crippen molar-refractivity contribution in [1.82, 2.24) is 0 Å². The van der Waals surface area contributed by atoms with Crippen molar-refractivity contribution in [3.63, 3.8) is 0 Å². The molecule has 1 atom stereocenters. The molecule has 11 heavy (non-hydrogen) atoms. The summed E-state index contributed by atoms with van der Waals surface area (Å²) in [6.07, 6.45) is 0. The first-order valence-electron chi connectivity index (χ1n) is 3.10. The van der Waals surface area contributed by atoms with Gasteiger partial charge in [-0.15, -0.1) is 12.4 Å². The molecule has 5 N–H and O–H groups in total. The summed E-state index contributed by atoms with van der Waals surface area (Å²) in [5, 5.41) is 6.77. The smallest absolute Gasteiger partial charge is 0.213 e. The Balaban J connectivity index is 0. The lowest BCUT2D eigenvalue weighted by atomic mass is 10.0. The molecule has 0 aromatic carbocycles. The number of hydrogen-bond donors (Lipinski definition) is 3. The molecule has 0 radical (unpaired) electrons. The molecule has 5 heteroatoms. The topological polar surface area (TPSA) is 93.0 Å². The summed E-state index contributed by atoms with van der Waals surface area (Å²) in [4.78, 5) is 10.8. The maximum Gasteiger partial charge on any atom is 0.213 e. The van der Waals surface area contributed by atoms with E-state index in [4.69, 9.17) is 16.9 Å². The van der Waals surface area contributed by atoms with Gasteiger partial charge in [-0.25, -0.2) is 0 Å². The fourth-order valence-corrected chi connectivity index (χ4v) is 0.482. The first-order valence-corrected chi connectivity index (χ1v) is 3.10. The van der Waals surface area contributed by atoms with Gasteiger partial charge in [-0.05, 0) is 5.92 Å². The van der Waals surface area contributed by atoms with E-state index in [1.165, 1.54) is 0 Å². The van der Waals surface area contributed by atoms with Crippen molar-refractivity contribution in [1.29, 1.82) is 5.41 Å². The molecule has 0 fully saturated rings. The molecule has 0 aromatic rings. The molecule has 0 aliphatic rings. The van der Waals surface area contributed by atoms with Gasteiger partial charge in [0.25, 0.3) is 0 Å². The molecule has 4 nitrogen and oxygen atoms in total. The Kier molecular flexibility index (Phi) is 6.03. The zero-order valence-corrected chi connectivity index (χ0v) is 7.44. The highest BCUT2D eigenvalue weighted by molar-refractivity contribution is 6.38. The van der Waals surface area contributed by atoms with Gasteiger partial charge in [0.2, 0.25) is 5.78 Å². The van der Waals surface area contributed by atoms with E-state index in [0.717, 1.165) is 0 Å². The minimum absolute atomic E-state index is 0. The highest BCUT2D eigenvalue weighted by Gasteiger charge is 2.18. The van der Waals surface area contributed by atoms with E-state index >= 15 is 0 Å². The Morgan fingerprint density at radius 1 is 1.45 bits per heavy atom. The molecule has 0 rings (SSSR count). The summed E-state index contributed by atoms with van der Waals surface area (Å²) in [5.41, 5.74) is 10.3. The summed E-state index contributed by atoms with van der Waals surface area (Å²) in [5.74, 6) is -0.896. The summed E-state index contributed by atoms with van der Waals surface area (Å²) in [7, 11) is 0. The summed E-state index contributed by atoms with van der Waals surface area (Å²) in [6, 6.07) is -0.627. The minimum atomic E-state index is -0.627. The standard InChI is InChI=1S/C6H13N3O.ClH/c1-3(2)4(7)5(10)6(8)9;/h3-4H,7H2,1-2H3,(H3,8,9);1H/t4-;/m0./s1. The molecule has 0 bridgehead atoms. The number of amidine groups is 1. The molecule has 0 saturated carbocycles. The van der Waals surface area contributed by atoms with Crippen LogP contribution in [-0.4, -0.2) is 17.7 Å². The second kappa shape index (κ2) is 5.09. The monoisotopic (exact) mass is 179 g/mol. The lowest BCUT2D eigenvalue weighted by Gasteiger charge is -2.11. The Morgan fingerprint density at radius 2 is 1.82 bits per heavy atom. The van der Waals surface area contributed by atoms with E-state index < -0.39 is 17.7 Å². The van der Waals surface area contributed by atoms with E-state index in [1.807, 2.05) is 13.8 Å². The van der Waals surface area contributed by atoms with Gasteiger partial charge in [0.05, 0.1) is 6.04 Å². The Hall–Kier alpha value is -0.610. The van der Waals surface area contributed by atoms with Gasteiger partial charge in [-0.3, -0.25) is 10.2 Å². The Labute approximate surface area is 72.2 Å².